The molecule has 0 saturated carbocycles. The Kier molecular flexibility index (Phi) is 6.60. The minimum Gasteiger partial charge on any atom is -0.345 e. The molecule has 0 aliphatic heterocycles. The SMILES string of the molecule is Cc1cnc(-c2cc(C(=O)NC(C)c3cnc(C(F)(F)F)nc3)cc3c2cnn3CCCF)s1. The molecular formula is C22H20F4N6OS. The van der Waals surface area contributed by atoms with Crippen LogP contribution in [-0.4, -0.2) is 37.3 Å². The summed E-state index contributed by atoms with van der Waals surface area (Å²) in [5.74, 6) is -1.69. The summed E-state index contributed by atoms with van der Waals surface area (Å²) in [4.78, 5) is 25.2. The van der Waals surface area contributed by atoms with Crippen LogP contribution in [0, 0.1) is 6.92 Å². The average Bonchev–Trinajstić information content (AvgIpc) is 3.42. The molecule has 1 N–H and O–H groups in total. The van der Waals surface area contributed by atoms with Gasteiger partial charge in [-0.25, -0.2) is 15.0 Å². The molecule has 0 aliphatic rings. The Bertz CT molecular complexity index is 1320. The second-order valence-corrected chi connectivity index (χ2v) is 8.91. The first-order valence-electron chi connectivity index (χ1n) is 10.4. The molecule has 0 aliphatic carbocycles. The summed E-state index contributed by atoms with van der Waals surface area (Å²) in [5, 5.41) is 8.62. The maximum Gasteiger partial charge on any atom is 0.451 e. The van der Waals surface area contributed by atoms with Crippen LogP contribution in [0.4, 0.5) is 17.6 Å². The third kappa shape index (κ3) is 4.91. The van der Waals surface area contributed by atoms with Crippen molar-refractivity contribution in [3.05, 3.63) is 58.7 Å². The normalized spacial score (nSPS) is 12.8. The van der Waals surface area contributed by atoms with Crippen molar-refractivity contribution in [1.82, 2.24) is 30.0 Å². The molecule has 1 atom stereocenters. The zero-order chi connectivity index (χ0) is 24.5. The molecule has 3 aromatic heterocycles. The van der Waals surface area contributed by atoms with Gasteiger partial charge in [0, 0.05) is 52.1 Å². The Labute approximate surface area is 195 Å². The van der Waals surface area contributed by atoms with E-state index in [0.29, 0.717) is 28.2 Å². The molecule has 12 heteroatoms. The number of hydrogen-bond donors (Lipinski definition) is 1. The second-order valence-electron chi connectivity index (χ2n) is 7.68. The molecule has 0 fully saturated rings. The smallest absolute Gasteiger partial charge is 0.345 e. The van der Waals surface area contributed by atoms with Crippen LogP contribution >= 0.6 is 11.3 Å². The van der Waals surface area contributed by atoms with Gasteiger partial charge >= 0.3 is 6.18 Å². The number of thiazole rings is 1. The van der Waals surface area contributed by atoms with Crippen molar-refractivity contribution in [3.8, 4) is 10.6 Å². The van der Waals surface area contributed by atoms with Crippen molar-refractivity contribution in [2.45, 2.75) is 39.0 Å². The van der Waals surface area contributed by atoms with Crippen molar-refractivity contribution in [2.24, 2.45) is 0 Å². The molecule has 7 nitrogen and oxygen atoms in total. The summed E-state index contributed by atoms with van der Waals surface area (Å²) in [6.45, 7) is 3.40. The number of nitrogens with one attached hydrogen (secondary N) is 1. The molecular weight excluding hydrogens is 472 g/mol. The van der Waals surface area contributed by atoms with E-state index in [1.54, 1.807) is 36.1 Å². The second kappa shape index (κ2) is 9.45. The lowest BCUT2D eigenvalue weighted by molar-refractivity contribution is -0.145. The number of fused-ring (bicyclic) bond motifs is 1. The molecule has 4 rings (SSSR count). The van der Waals surface area contributed by atoms with Gasteiger partial charge < -0.3 is 5.32 Å². The third-order valence-electron chi connectivity index (χ3n) is 5.15. The number of halogens is 4. The predicted molar refractivity (Wildman–Crippen MR) is 119 cm³/mol. The van der Waals surface area contributed by atoms with Crippen molar-refractivity contribution >= 4 is 28.1 Å². The Balaban J connectivity index is 1.66. The van der Waals surface area contributed by atoms with Crippen molar-refractivity contribution in [3.63, 3.8) is 0 Å². The van der Waals surface area contributed by atoms with Gasteiger partial charge in [0.05, 0.1) is 24.4 Å². The van der Waals surface area contributed by atoms with Gasteiger partial charge in [0.25, 0.3) is 5.91 Å². The number of aryl methyl sites for hydroxylation is 2. The van der Waals surface area contributed by atoms with E-state index in [1.807, 2.05) is 6.92 Å². The number of carbonyl (C=O) groups is 1. The third-order valence-corrected chi connectivity index (χ3v) is 6.10. The standard InChI is InChI=1S/C22H20F4N6OS/c1-12-8-27-20(34-12)16-6-14(7-18-17(16)11-30-32(18)5-3-4-23)19(33)31-13(2)15-9-28-21(29-10-15)22(24,25)26/h6-11,13H,3-5H2,1-2H3,(H,31,33). The van der Waals surface area contributed by atoms with E-state index in [9.17, 15) is 22.4 Å². The van der Waals surface area contributed by atoms with Crippen LogP contribution in [0.3, 0.4) is 0 Å². The lowest BCUT2D eigenvalue weighted by Gasteiger charge is -2.15. The Hall–Kier alpha value is -3.41. The van der Waals surface area contributed by atoms with Crippen molar-refractivity contribution < 1.29 is 22.4 Å². The zero-order valence-corrected chi connectivity index (χ0v) is 19.0. The topological polar surface area (TPSA) is 85.6 Å². The first-order chi connectivity index (χ1) is 16.2. The van der Waals surface area contributed by atoms with Gasteiger partial charge in [-0.2, -0.15) is 18.3 Å². The highest BCUT2D eigenvalue weighted by molar-refractivity contribution is 7.15. The quantitative estimate of drug-likeness (QED) is 0.362. The first-order valence-corrected chi connectivity index (χ1v) is 11.2. The first kappa shape index (κ1) is 23.7. The van der Waals surface area contributed by atoms with E-state index in [2.05, 4.69) is 25.4 Å². The van der Waals surface area contributed by atoms with Crippen LogP contribution in [0.5, 0.6) is 0 Å². The van der Waals surface area contributed by atoms with Crippen LogP contribution in [0.15, 0.2) is 36.9 Å². The van der Waals surface area contributed by atoms with Gasteiger partial charge in [0.1, 0.15) is 5.01 Å². The molecule has 3 heterocycles. The average molecular weight is 493 g/mol. The van der Waals surface area contributed by atoms with Gasteiger partial charge in [-0.3, -0.25) is 13.9 Å². The van der Waals surface area contributed by atoms with E-state index in [1.165, 1.54) is 11.3 Å². The van der Waals surface area contributed by atoms with Crippen LogP contribution in [-0.2, 0) is 12.7 Å². The Morgan fingerprint density at radius 1 is 1.15 bits per heavy atom. The number of aromatic nitrogens is 5. The van der Waals surface area contributed by atoms with E-state index in [4.69, 9.17) is 0 Å². The maximum absolute atomic E-state index is 13.1. The lowest BCUT2D eigenvalue weighted by Crippen LogP contribution is -2.27. The highest BCUT2D eigenvalue weighted by Crippen LogP contribution is 2.33. The number of amides is 1. The van der Waals surface area contributed by atoms with Gasteiger partial charge in [0.2, 0.25) is 5.82 Å². The lowest BCUT2D eigenvalue weighted by atomic mass is 10.0. The highest BCUT2D eigenvalue weighted by Gasteiger charge is 2.34. The van der Waals surface area contributed by atoms with Crippen LogP contribution in [0.1, 0.15) is 46.0 Å². The fraction of sp³-hybridized carbons (Fsp3) is 0.318. The number of carbonyl (C=O) groups excluding carboxylic acids is 1. The zero-order valence-electron chi connectivity index (χ0n) is 18.2. The number of benzene rings is 1. The maximum atomic E-state index is 13.1. The van der Waals surface area contributed by atoms with E-state index in [-0.39, 0.29) is 6.42 Å². The molecule has 0 radical (unpaired) electrons. The molecule has 34 heavy (non-hydrogen) atoms. The predicted octanol–water partition coefficient (Wildman–Crippen LogP) is 5.13. The fourth-order valence-corrected chi connectivity index (χ4v) is 4.22. The number of rotatable bonds is 7. The van der Waals surface area contributed by atoms with Gasteiger partial charge in [0.15, 0.2) is 0 Å². The summed E-state index contributed by atoms with van der Waals surface area (Å²) < 4.78 is 52.5. The molecule has 1 unspecified atom stereocenters. The Morgan fingerprint density at radius 2 is 1.88 bits per heavy atom. The fourth-order valence-electron chi connectivity index (χ4n) is 3.42. The van der Waals surface area contributed by atoms with E-state index in [0.717, 1.165) is 28.2 Å². The number of hydrogen-bond acceptors (Lipinski definition) is 6. The van der Waals surface area contributed by atoms with Gasteiger partial charge in [-0.1, -0.05) is 0 Å². The van der Waals surface area contributed by atoms with Crippen LogP contribution in [0.25, 0.3) is 21.5 Å². The molecule has 0 bridgehead atoms. The van der Waals surface area contributed by atoms with Crippen molar-refractivity contribution in [1.29, 1.82) is 0 Å². The molecule has 0 spiro atoms. The van der Waals surface area contributed by atoms with Crippen LogP contribution < -0.4 is 5.32 Å². The molecule has 4 aromatic rings. The minimum absolute atomic E-state index is 0.282. The summed E-state index contributed by atoms with van der Waals surface area (Å²) in [6, 6.07) is 2.72. The van der Waals surface area contributed by atoms with Gasteiger partial charge in [-0.05, 0) is 32.4 Å². The van der Waals surface area contributed by atoms with Crippen LogP contribution in [0.2, 0.25) is 0 Å². The largest absolute Gasteiger partial charge is 0.451 e. The summed E-state index contributed by atoms with van der Waals surface area (Å²) in [5.41, 5.74) is 2.02. The monoisotopic (exact) mass is 492 g/mol. The van der Waals surface area contributed by atoms with Gasteiger partial charge in [-0.15, -0.1) is 11.3 Å². The molecule has 1 amide bonds. The number of nitrogens with zero attached hydrogens (tertiary/aromatic N) is 5. The van der Waals surface area contributed by atoms with E-state index < -0.39 is 30.6 Å². The summed E-state index contributed by atoms with van der Waals surface area (Å²) in [6.07, 6.45) is 1.13. The summed E-state index contributed by atoms with van der Waals surface area (Å²) >= 11 is 1.47. The highest BCUT2D eigenvalue weighted by atomic mass is 32.1. The number of alkyl halides is 4. The molecule has 1 aromatic carbocycles. The van der Waals surface area contributed by atoms with E-state index >= 15 is 0 Å². The summed E-state index contributed by atoms with van der Waals surface area (Å²) in [7, 11) is 0. The minimum atomic E-state index is -4.64. The Morgan fingerprint density at radius 3 is 2.50 bits per heavy atom. The van der Waals surface area contributed by atoms with Crippen molar-refractivity contribution in [2.75, 3.05) is 6.67 Å². The molecule has 0 saturated heterocycles. The molecule has 178 valence electrons.